The van der Waals surface area contributed by atoms with E-state index in [1.165, 1.54) is 45.2 Å². The van der Waals surface area contributed by atoms with Gasteiger partial charge in [-0.3, -0.25) is 4.90 Å². The molecule has 0 aromatic rings. The monoisotopic (exact) mass is 124 g/mol. The van der Waals surface area contributed by atoms with Crippen molar-refractivity contribution in [2.24, 2.45) is 0 Å². The van der Waals surface area contributed by atoms with E-state index in [1.54, 1.807) is 6.04 Å². The summed E-state index contributed by atoms with van der Waals surface area (Å²) in [5.74, 6) is 0. The lowest BCUT2D eigenvalue weighted by atomic mass is 10.1. The molecule has 2 rings (SSSR count). The average Bonchev–Trinajstić information content (AvgIpc) is 2.71. The smallest absolute Gasteiger partial charge is 0.0394 e. The van der Waals surface area contributed by atoms with E-state index in [0.29, 0.717) is 0 Å². The maximum atomic E-state index is 2.59. The first-order valence-electron chi connectivity index (χ1n) is 4.06. The summed E-state index contributed by atoms with van der Waals surface area (Å²) < 4.78 is 0. The van der Waals surface area contributed by atoms with Crippen LogP contribution in [-0.2, 0) is 0 Å². The molecule has 0 bridgehead atoms. The minimum atomic E-state index is 1.36. The highest BCUT2D eigenvalue weighted by Gasteiger charge is 2.30. The van der Waals surface area contributed by atoms with Crippen LogP contribution in [0.2, 0.25) is 0 Å². The van der Waals surface area contributed by atoms with Crippen LogP contribution in [0.5, 0.6) is 0 Å². The Bertz CT molecular complexity index is 90.7. The highest BCUT2D eigenvalue weighted by atomic mass is 15.2. The molecule has 0 aromatic heterocycles. The quantitative estimate of drug-likeness (QED) is 0.515. The lowest BCUT2D eigenvalue weighted by Crippen LogP contribution is -2.27. The molecular weight excluding hydrogens is 110 g/mol. The number of hydrogen-bond acceptors (Lipinski definition) is 1. The first-order chi connectivity index (χ1) is 4.47. The fourth-order valence-electron chi connectivity index (χ4n) is 1.58. The van der Waals surface area contributed by atoms with Crippen molar-refractivity contribution in [2.45, 2.75) is 32.1 Å². The molecule has 1 aliphatic carbocycles. The summed E-state index contributed by atoms with van der Waals surface area (Å²) in [4.78, 5) is 2.59. The van der Waals surface area contributed by atoms with E-state index in [-0.39, 0.29) is 0 Å². The second-order valence-corrected chi connectivity index (χ2v) is 3.11. The summed E-state index contributed by atoms with van der Waals surface area (Å²) in [6, 6.07) is 1.73. The molecule has 1 heterocycles. The Morgan fingerprint density at radius 3 is 2.11 bits per heavy atom. The summed E-state index contributed by atoms with van der Waals surface area (Å²) in [5.41, 5.74) is 0. The summed E-state index contributed by atoms with van der Waals surface area (Å²) >= 11 is 0. The largest absolute Gasteiger partial charge is 0.296 e. The van der Waals surface area contributed by atoms with Gasteiger partial charge in [-0.15, -0.1) is 0 Å². The van der Waals surface area contributed by atoms with Gasteiger partial charge >= 0.3 is 0 Å². The second-order valence-electron chi connectivity index (χ2n) is 3.11. The molecule has 0 aromatic carbocycles. The van der Waals surface area contributed by atoms with Gasteiger partial charge in [0.15, 0.2) is 0 Å². The van der Waals surface area contributed by atoms with Gasteiger partial charge in [0.2, 0.25) is 0 Å². The normalized spacial score (nSPS) is 30.7. The van der Waals surface area contributed by atoms with Crippen molar-refractivity contribution < 1.29 is 0 Å². The molecule has 1 heteroatoms. The molecule has 1 nitrogen and oxygen atoms in total. The average molecular weight is 124 g/mol. The van der Waals surface area contributed by atoms with E-state index in [4.69, 9.17) is 0 Å². The van der Waals surface area contributed by atoms with E-state index in [9.17, 15) is 0 Å². The van der Waals surface area contributed by atoms with Gasteiger partial charge in [-0.25, -0.2) is 0 Å². The van der Waals surface area contributed by atoms with Crippen LogP contribution in [0.15, 0.2) is 0 Å². The van der Waals surface area contributed by atoms with Crippen LogP contribution < -0.4 is 0 Å². The number of nitrogens with zero attached hydrogens (tertiary/aromatic N) is 1. The summed E-state index contributed by atoms with van der Waals surface area (Å²) in [6.45, 7) is 2.71. The van der Waals surface area contributed by atoms with Crippen LogP contribution >= 0.6 is 0 Å². The molecule has 51 valence electrons. The Hall–Kier alpha value is -0.0400. The van der Waals surface area contributed by atoms with Crippen molar-refractivity contribution in [3.63, 3.8) is 0 Å². The summed E-state index contributed by atoms with van der Waals surface area (Å²) in [7, 11) is 0. The number of rotatable bonds is 1. The lowest BCUT2D eigenvalue weighted by Gasteiger charge is -2.25. The molecule has 0 atom stereocenters. The standard InChI is InChI=1S/C8H14N/c1-2-6-9(7-3-1)8-4-5-8/h1-7H2. The van der Waals surface area contributed by atoms with Gasteiger partial charge in [0.25, 0.3) is 0 Å². The third kappa shape index (κ3) is 1.26. The van der Waals surface area contributed by atoms with E-state index in [2.05, 4.69) is 4.90 Å². The van der Waals surface area contributed by atoms with Crippen molar-refractivity contribution in [1.29, 1.82) is 0 Å². The van der Waals surface area contributed by atoms with Crippen molar-refractivity contribution in [3.8, 4) is 0 Å². The van der Waals surface area contributed by atoms with Crippen LogP contribution in [0.1, 0.15) is 32.1 Å². The van der Waals surface area contributed by atoms with Crippen LogP contribution in [0, 0.1) is 6.04 Å². The van der Waals surface area contributed by atoms with Gasteiger partial charge in [0, 0.05) is 6.04 Å². The molecule has 1 saturated carbocycles. The van der Waals surface area contributed by atoms with Gasteiger partial charge < -0.3 is 0 Å². The zero-order chi connectivity index (χ0) is 6.10. The lowest BCUT2D eigenvalue weighted by molar-refractivity contribution is 0.268. The van der Waals surface area contributed by atoms with Gasteiger partial charge in [0.05, 0.1) is 0 Å². The van der Waals surface area contributed by atoms with Gasteiger partial charge in [-0.2, -0.15) is 0 Å². The molecular formula is C8H14N. The predicted octanol–water partition coefficient (Wildman–Crippen LogP) is 1.80. The first-order valence-corrected chi connectivity index (χ1v) is 4.06. The van der Waals surface area contributed by atoms with Crippen LogP contribution in [-0.4, -0.2) is 18.0 Å². The summed E-state index contributed by atoms with van der Waals surface area (Å²) in [5, 5.41) is 0. The predicted molar refractivity (Wildman–Crippen MR) is 37.9 cm³/mol. The molecule has 0 spiro atoms. The first kappa shape index (κ1) is 5.72. The number of likely N-dealkylation sites (tertiary alicyclic amines) is 1. The third-order valence-electron chi connectivity index (χ3n) is 2.28. The topological polar surface area (TPSA) is 3.24 Å². The van der Waals surface area contributed by atoms with E-state index in [1.807, 2.05) is 0 Å². The molecule has 1 radical (unpaired) electrons. The zero-order valence-corrected chi connectivity index (χ0v) is 5.90. The van der Waals surface area contributed by atoms with Crippen molar-refractivity contribution >= 4 is 0 Å². The summed E-state index contributed by atoms with van der Waals surface area (Å²) in [6.07, 6.45) is 7.14. The van der Waals surface area contributed by atoms with Crippen LogP contribution in [0.25, 0.3) is 0 Å². The Labute approximate surface area is 57.0 Å². The highest BCUT2D eigenvalue weighted by Crippen LogP contribution is 2.36. The van der Waals surface area contributed by atoms with Crippen LogP contribution in [0.3, 0.4) is 0 Å². The van der Waals surface area contributed by atoms with Crippen molar-refractivity contribution in [1.82, 2.24) is 4.90 Å². The molecule has 0 amide bonds. The molecule has 0 unspecified atom stereocenters. The Morgan fingerprint density at radius 1 is 0.889 bits per heavy atom. The van der Waals surface area contributed by atoms with Gasteiger partial charge in [-0.05, 0) is 38.8 Å². The highest BCUT2D eigenvalue weighted by molar-refractivity contribution is 5.04. The maximum Gasteiger partial charge on any atom is 0.0394 e. The van der Waals surface area contributed by atoms with Crippen molar-refractivity contribution in [3.05, 3.63) is 6.04 Å². The Balaban J connectivity index is 1.80. The fourth-order valence-corrected chi connectivity index (χ4v) is 1.58. The van der Waals surface area contributed by atoms with Crippen molar-refractivity contribution in [2.75, 3.05) is 13.1 Å². The molecule has 2 fully saturated rings. The minimum Gasteiger partial charge on any atom is -0.296 e. The molecule has 1 aliphatic heterocycles. The molecule has 2 aliphatic rings. The van der Waals surface area contributed by atoms with Crippen LogP contribution in [0.4, 0.5) is 0 Å². The van der Waals surface area contributed by atoms with Gasteiger partial charge in [0.1, 0.15) is 0 Å². The molecule has 1 saturated heterocycles. The Kier molecular flexibility index (Phi) is 1.46. The second kappa shape index (κ2) is 2.30. The van der Waals surface area contributed by atoms with Gasteiger partial charge in [-0.1, -0.05) is 6.42 Å². The fraction of sp³-hybridized carbons (Fsp3) is 0.875. The van der Waals surface area contributed by atoms with E-state index >= 15 is 0 Å². The van der Waals surface area contributed by atoms with E-state index in [0.717, 1.165) is 0 Å². The molecule has 9 heavy (non-hydrogen) atoms. The number of hydrogen-bond donors (Lipinski definition) is 0. The minimum absolute atomic E-state index is 1.36. The SMILES string of the molecule is C1CCN([C]2CC2)CC1. The third-order valence-corrected chi connectivity index (χ3v) is 2.28. The maximum absolute atomic E-state index is 2.59. The zero-order valence-electron chi connectivity index (χ0n) is 5.90. The Morgan fingerprint density at radius 2 is 1.56 bits per heavy atom. The number of piperidine rings is 1. The van der Waals surface area contributed by atoms with E-state index < -0.39 is 0 Å². The molecule has 0 N–H and O–H groups in total.